The molecule has 0 fully saturated rings. The molecule has 0 aromatic heterocycles. The predicted molar refractivity (Wildman–Crippen MR) is 42.4 cm³/mol. The molecule has 1 aromatic rings. The highest BCUT2D eigenvalue weighted by Gasteiger charge is 2.41. The van der Waals surface area contributed by atoms with Gasteiger partial charge in [-0.3, -0.25) is 0 Å². The van der Waals surface area contributed by atoms with Gasteiger partial charge in [-0.05, 0) is 6.42 Å². The van der Waals surface area contributed by atoms with Gasteiger partial charge in [0.1, 0.15) is 11.4 Å². The van der Waals surface area contributed by atoms with Crippen LogP contribution < -0.4 is 0 Å². The molecule has 90 valence electrons. The van der Waals surface area contributed by atoms with Crippen LogP contribution in [0.5, 0.6) is 5.75 Å². The molecule has 1 rings (SSSR count). The van der Waals surface area contributed by atoms with E-state index in [0.29, 0.717) is 0 Å². The van der Waals surface area contributed by atoms with E-state index in [1.807, 2.05) is 0 Å². The number of phenolic OH excluding ortho intramolecular Hbond substituents is 1. The van der Waals surface area contributed by atoms with Crippen molar-refractivity contribution < 1.29 is 31.4 Å². The summed E-state index contributed by atoms with van der Waals surface area (Å²) in [5.74, 6) is -7.93. The van der Waals surface area contributed by atoms with E-state index in [0.717, 1.165) is 0 Å². The Hall–Kier alpha value is -1.40. The number of benzene rings is 1. The van der Waals surface area contributed by atoms with E-state index in [2.05, 4.69) is 0 Å². The zero-order valence-electron chi connectivity index (χ0n) is 7.92. The van der Waals surface area contributed by atoms with Crippen LogP contribution in [-0.4, -0.2) is 5.11 Å². The van der Waals surface area contributed by atoms with Gasteiger partial charge >= 0.3 is 6.18 Å². The molecule has 7 heteroatoms. The summed E-state index contributed by atoms with van der Waals surface area (Å²) in [5, 5.41) is 8.93. The van der Waals surface area contributed by atoms with Gasteiger partial charge in [-0.2, -0.15) is 17.6 Å². The van der Waals surface area contributed by atoms with Gasteiger partial charge in [-0.1, -0.05) is 6.92 Å². The molecule has 0 radical (unpaired) electrons. The Morgan fingerprint density at radius 3 is 1.88 bits per heavy atom. The minimum absolute atomic E-state index is 0.391. The first-order valence-corrected chi connectivity index (χ1v) is 4.17. The summed E-state index contributed by atoms with van der Waals surface area (Å²) in [6.07, 6.45) is -5.75. The van der Waals surface area contributed by atoms with E-state index in [9.17, 15) is 26.3 Å². The second-order valence-corrected chi connectivity index (χ2v) is 3.00. The quantitative estimate of drug-likeness (QED) is 0.593. The minimum atomic E-state index is -5.35. The summed E-state index contributed by atoms with van der Waals surface area (Å²) in [5.41, 5.74) is -3.22. The molecule has 0 atom stereocenters. The SMILES string of the molecule is CCc1c(O)c(F)c(F)c(C(F)(F)F)c1F. The molecule has 0 spiro atoms. The lowest BCUT2D eigenvalue weighted by atomic mass is 10.0. The van der Waals surface area contributed by atoms with Gasteiger partial charge in [0.25, 0.3) is 0 Å². The minimum Gasteiger partial charge on any atom is -0.504 e. The van der Waals surface area contributed by atoms with Crippen molar-refractivity contribution in [2.45, 2.75) is 19.5 Å². The summed E-state index contributed by atoms with van der Waals surface area (Å²) in [6.45, 7) is 1.20. The monoisotopic (exact) mass is 244 g/mol. The normalized spacial score (nSPS) is 11.9. The average molecular weight is 244 g/mol. The maximum absolute atomic E-state index is 13.2. The van der Waals surface area contributed by atoms with Crippen LogP contribution in [0.15, 0.2) is 0 Å². The predicted octanol–water partition coefficient (Wildman–Crippen LogP) is 3.39. The van der Waals surface area contributed by atoms with Crippen LogP contribution in [0.3, 0.4) is 0 Å². The molecular formula is C9H6F6O. The third-order valence-electron chi connectivity index (χ3n) is 2.03. The van der Waals surface area contributed by atoms with Crippen molar-refractivity contribution in [1.29, 1.82) is 0 Å². The molecule has 0 saturated carbocycles. The number of alkyl halides is 3. The van der Waals surface area contributed by atoms with Crippen LogP contribution in [0.1, 0.15) is 18.1 Å². The Kier molecular flexibility index (Phi) is 3.07. The smallest absolute Gasteiger partial charge is 0.422 e. The number of hydrogen-bond donors (Lipinski definition) is 1. The van der Waals surface area contributed by atoms with Gasteiger partial charge in [0, 0.05) is 5.56 Å². The number of rotatable bonds is 1. The molecule has 0 saturated heterocycles. The van der Waals surface area contributed by atoms with Gasteiger partial charge in [0.05, 0.1) is 0 Å². The van der Waals surface area contributed by atoms with Crippen LogP contribution >= 0.6 is 0 Å². The van der Waals surface area contributed by atoms with Gasteiger partial charge in [0.15, 0.2) is 11.6 Å². The van der Waals surface area contributed by atoms with Gasteiger partial charge in [-0.25, -0.2) is 8.78 Å². The van der Waals surface area contributed by atoms with Crippen molar-refractivity contribution in [2.75, 3.05) is 0 Å². The number of phenols is 1. The summed E-state index contributed by atoms with van der Waals surface area (Å²) in [4.78, 5) is 0. The Labute approximate surface area is 86.3 Å². The fourth-order valence-corrected chi connectivity index (χ4v) is 1.27. The van der Waals surface area contributed by atoms with E-state index in [-0.39, 0.29) is 0 Å². The maximum atomic E-state index is 13.2. The fourth-order valence-electron chi connectivity index (χ4n) is 1.27. The van der Waals surface area contributed by atoms with E-state index >= 15 is 0 Å². The first kappa shape index (κ1) is 12.7. The summed E-state index contributed by atoms with van der Waals surface area (Å²) in [6, 6.07) is 0. The Bertz CT molecular complexity index is 423. The van der Waals surface area contributed by atoms with Crippen molar-refractivity contribution in [3.05, 3.63) is 28.6 Å². The van der Waals surface area contributed by atoms with E-state index in [1.165, 1.54) is 6.92 Å². The van der Waals surface area contributed by atoms with Crippen molar-refractivity contribution in [3.63, 3.8) is 0 Å². The van der Waals surface area contributed by atoms with Gasteiger partial charge in [-0.15, -0.1) is 0 Å². The third kappa shape index (κ3) is 1.81. The van der Waals surface area contributed by atoms with Crippen LogP contribution in [0.4, 0.5) is 26.3 Å². The van der Waals surface area contributed by atoms with Crippen LogP contribution in [0, 0.1) is 17.5 Å². The molecule has 0 unspecified atom stereocenters. The van der Waals surface area contributed by atoms with Crippen LogP contribution in [-0.2, 0) is 12.6 Å². The Balaban J connectivity index is 3.69. The molecule has 1 aromatic carbocycles. The van der Waals surface area contributed by atoms with E-state index < -0.39 is 46.9 Å². The topological polar surface area (TPSA) is 20.2 Å². The van der Waals surface area contributed by atoms with Crippen LogP contribution in [0.2, 0.25) is 0 Å². The van der Waals surface area contributed by atoms with E-state index in [4.69, 9.17) is 5.11 Å². The second-order valence-electron chi connectivity index (χ2n) is 3.00. The lowest BCUT2D eigenvalue weighted by Gasteiger charge is -2.13. The number of aromatic hydroxyl groups is 1. The summed E-state index contributed by atoms with van der Waals surface area (Å²) in [7, 11) is 0. The highest BCUT2D eigenvalue weighted by atomic mass is 19.4. The molecule has 16 heavy (non-hydrogen) atoms. The van der Waals surface area contributed by atoms with Crippen molar-refractivity contribution >= 4 is 0 Å². The highest BCUT2D eigenvalue weighted by Crippen LogP contribution is 2.39. The highest BCUT2D eigenvalue weighted by molar-refractivity contribution is 5.41. The Morgan fingerprint density at radius 1 is 1.00 bits per heavy atom. The largest absolute Gasteiger partial charge is 0.504 e. The molecule has 1 nitrogen and oxygen atoms in total. The van der Waals surface area contributed by atoms with Crippen molar-refractivity contribution in [3.8, 4) is 5.75 Å². The average Bonchev–Trinajstić information content (AvgIpc) is 2.13. The molecule has 0 heterocycles. The zero-order valence-corrected chi connectivity index (χ0v) is 7.92. The van der Waals surface area contributed by atoms with Crippen molar-refractivity contribution in [2.24, 2.45) is 0 Å². The fraction of sp³-hybridized carbons (Fsp3) is 0.333. The molecular weight excluding hydrogens is 238 g/mol. The standard InChI is InChI=1S/C9H6F6O/c1-2-3-5(10)4(9(13,14)15)6(11)7(12)8(3)16/h16H,2H2,1H3. The van der Waals surface area contributed by atoms with Gasteiger partial charge in [0.2, 0.25) is 5.82 Å². The molecule has 0 aliphatic carbocycles. The molecule has 1 N–H and O–H groups in total. The summed E-state index contributed by atoms with van der Waals surface area (Å²) >= 11 is 0. The van der Waals surface area contributed by atoms with Crippen LogP contribution in [0.25, 0.3) is 0 Å². The summed E-state index contributed by atoms with van der Waals surface area (Å²) < 4.78 is 75.5. The number of halogens is 6. The molecule has 0 aliphatic rings. The lowest BCUT2D eigenvalue weighted by molar-refractivity contribution is -0.142. The first-order chi connectivity index (χ1) is 7.21. The lowest BCUT2D eigenvalue weighted by Crippen LogP contribution is -2.15. The zero-order chi connectivity index (χ0) is 12.7. The second kappa shape index (κ2) is 3.88. The first-order valence-electron chi connectivity index (χ1n) is 4.17. The molecule has 0 bridgehead atoms. The Morgan fingerprint density at radius 2 is 1.50 bits per heavy atom. The van der Waals surface area contributed by atoms with Crippen molar-refractivity contribution in [1.82, 2.24) is 0 Å². The van der Waals surface area contributed by atoms with Gasteiger partial charge < -0.3 is 5.11 Å². The maximum Gasteiger partial charge on any atom is 0.422 e. The third-order valence-corrected chi connectivity index (χ3v) is 2.03. The molecule has 0 amide bonds. The molecule has 0 aliphatic heterocycles. The number of hydrogen-bond acceptors (Lipinski definition) is 1. The van der Waals surface area contributed by atoms with E-state index in [1.54, 1.807) is 0 Å².